The van der Waals surface area contributed by atoms with E-state index in [1.54, 1.807) is 11.9 Å². The molecule has 0 saturated carbocycles. The van der Waals surface area contributed by atoms with Crippen LogP contribution < -0.4 is 10.3 Å². The van der Waals surface area contributed by atoms with Crippen LogP contribution in [0.2, 0.25) is 0 Å². The largest absolute Gasteiger partial charge is 0.461 e. The highest BCUT2D eigenvalue weighted by atomic mass is 32.1. The van der Waals surface area contributed by atoms with Crippen LogP contribution in [0.4, 0.5) is 5.69 Å². The summed E-state index contributed by atoms with van der Waals surface area (Å²) in [6.45, 7) is 2.31. The fourth-order valence-electron chi connectivity index (χ4n) is 3.03. The molecule has 1 aliphatic heterocycles. The number of hydrazone groups is 1. The number of anilines is 1. The Morgan fingerprint density at radius 2 is 2.14 bits per heavy atom. The molecule has 0 spiro atoms. The minimum atomic E-state index is -0.620. The second-order valence-electron chi connectivity index (χ2n) is 6.21. The van der Waals surface area contributed by atoms with Gasteiger partial charge in [0.05, 0.1) is 24.5 Å². The summed E-state index contributed by atoms with van der Waals surface area (Å²) >= 11 is 1.53. The number of esters is 1. The molecule has 0 bridgehead atoms. The number of thiazole rings is 1. The van der Waals surface area contributed by atoms with Gasteiger partial charge in [-0.1, -0.05) is 18.2 Å². The third-order valence-corrected chi connectivity index (χ3v) is 5.10. The number of rotatable bonds is 6. The zero-order valence-electron chi connectivity index (χ0n) is 15.2. The Labute approximate surface area is 165 Å². The molecule has 1 N–H and O–H groups in total. The lowest BCUT2D eigenvalue weighted by Gasteiger charge is -2.22. The number of imidazole rings is 1. The fourth-order valence-corrected chi connectivity index (χ4v) is 3.75. The van der Waals surface area contributed by atoms with Gasteiger partial charge < -0.3 is 10.1 Å². The molecule has 3 aromatic rings. The summed E-state index contributed by atoms with van der Waals surface area (Å²) < 4.78 is 6.97. The zero-order valence-corrected chi connectivity index (χ0v) is 16.1. The van der Waals surface area contributed by atoms with Crippen LogP contribution in [0.1, 0.15) is 19.0 Å². The van der Waals surface area contributed by atoms with Gasteiger partial charge in [-0.05, 0) is 19.1 Å². The summed E-state index contributed by atoms with van der Waals surface area (Å²) in [4.78, 5) is 30.3. The van der Waals surface area contributed by atoms with E-state index in [4.69, 9.17) is 4.74 Å². The first-order valence-corrected chi connectivity index (χ1v) is 9.81. The average Bonchev–Trinajstić information content (AvgIpc) is 3.41. The number of para-hydroxylation sites is 1. The first-order chi connectivity index (χ1) is 13.7. The molecule has 0 saturated heterocycles. The van der Waals surface area contributed by atoms with Crippen LogP contribution in [-0.4, -0.2) is 39.6 Å². The van der Waals surface area contributed by atoms with Crippen molar-refractivity contribution >= 4 is 39.6 Å². The molecule has 2 aromatic heterocycles. The number of ether oxygens (including phenoxy) is 1. The maximum atomic E-state index is 12.9. The number of hydrogen-bond donors (Lipinski definition) is 1. The van der Waals surface area contributed by atoms with Gasteiger partial charge in [0, 0.05) is 24.2 Å². The molecule has 1 amide bonds. The van der Waals surface area contributed by atoms with E-state index < -0.39 is 12.0 Å². The highest BCUT2D eigenvalue weighted by molar-refractivity contribution is 7.15. The predicted molar refractivity (Wildman–Crippen MR) is 106 cm³/mol. The number of benzene rings is 1. The van der Waals surface area contributed by atoms with Crippen molar-refractivity contribution in [2.75, 3.05) is 11.6 Å². The third-order valence-electron chi connectivity index (χ3n) is 4.33. The van der Waals surface area contributed by atoms with E-state index in [0.717, 1.165) is 16.3 Å². The molecule has 0 unspecified atom stereocenters. The van der Waals surface area contributed by atoms with Crippen LogP contribution in [-0.2, 0) is 20.9 Å². The van der Waals surface area contributed by atoms with Crippen LogP contribution >= 0.6 is 11.3 Å². The summed E-state index contributed by atoms with van der Waals surface area (Å²) in [6, 6.07) is 8.68. The minimum absolute atomic E-state index is 0.192. The predicted octanol–water partition coefficient (Wildman–Crippen LogP) is 2.21. The van der Waals surface area contributed by atoms with E-state index >= 15 is 0 Å². The number of carbonyl (C=O) groups excluding carboxylic acids is 2. The molecule has 1 aliphatic rings. The Hall–Kier alpha value is -3.20. The van der Waals surface area contributed by atoms with Gasteiger partial charge in [0.15, 0.2) is 4.96 Å². The maximum absolute atomic E-state index is 12.9. The van der Waals surface area contributed by atoms with Crippen molar-refractivity contribution in [3.63, 3.8) is 0 Å². The first kappa shape index (κ1) is 18.2. The average molecular weight is 397 g/mol. The Morgan fingerprint density at radius 1 is 1.32 bits per heavy atom. The van der Waals surface area contributed by atoms with Crippen molar-refractivity contribution in [1.29, 1.82) is 0 Å². The first-order valence-electron chi connectivity index (χ1n) is 8.93. The van der Waals surface area contributed by atoms with Gasteiger partial charge in [-0.25, -0.2) is 9.78 Å². The summed E-state index contributed by atoms with van der Waals surface area (Å²) in [6.07, 6.45) is 4.00. The normalized spacial score (nSPS) is 16.2. The van der Waals surface area contributed by atoms with E-state index in [2.05, 4.69) is 15.4 Å². The molecule has 28 heavy (non-hydrogen) atoms. The van der Waals surface area contributed by atoms with Crippen molar-refractivity contribution in [2.24, 2.45) is 5.10 Å². The van der Waals surface area contributed by atoms with Gasteiger partial charge >= 0.3 is 5.97 Å². The number of nitrogens with one attached hydrogen (secondary N) is 1. The van der Waals surface area contributed by atoms with Gasteiger partial charge in [0.25, 0.3) is 0 Å². The van der Waals surface area contributed by atoms with Crippen molar-refractivity contribution in [1.82, 2.24) is 14.7 Å². The summed E-state index contributed by atoms with van der Waals surface area (Å²) in [5.74, 6) is -0.712. The van der Waals surface area contributed by atoms with Crippen LogP contribution in [0, 0.1) is 0 Å². The Kier molecular flexibility index (Phi) is 5.07. The summed E-state index contributed by atoms with van der Waals surface area (Å²) in [7, 11) is 0. The topological polar surface area (TPSA) is 88.3 Å². The zero-order chi connectivity index (χ0) is 19.5. The molecule has 9 heteroatoms. The van der Waals surface area contributed by atoms with E-state index in [9.17, 15) is 9.59 Å². The van der Waals surface area contributed by atoms with Crippen molar-refractivity contribution in [2.45, 2.75) is 25.9 Å². The molecular weight excluding hydrogens is 378 g/mol. The van der Waals surface area contributed by atoms with Gasteiger partial charge in [-0.15, -0.1) is 11.3 Å². The molecule has 3 heterocycles. The number of fused-ring (bicyclic) bond motifs is 1. The molecule has 144 valence electrons. The molecule has 0 fully saturated rings. The molecule has 0 radical (unpaired) electrons. The molecule has 1 aromatic carbocycles. The van der Waals surface area contributed by atoms with Crippen molar-refractivity contribution in [3.05, 3.63) is 53.8 Å². The molecule has 8 nitrogen and oxygen atoms in total. The lowest BCUT2D eigenvalue weighted by atomic mass is 10.1. The third kappa shape index (κ3) is 3.61. The number of amides is 1. The number of hydrogen-bond acceptors (Lipinski definition) is 7. The molecule has 1 atom stereocenters. The summed E-state index contributed by atoms with van der Waals surface area (Å²) in [5.41, 5.74) is 1.76. The SMILES string of the molecule is CCOC(=O)C1=NN(c2ccccc2)[C@H](C(=O)NCc2cn3ccsc3n2)C1. The smallest absolute Gasteiger partial charge is 0.354 e. The van der Waals surface area contributed by atoms with Crippen LogP contribution in [0.3, 0.4) is 0 Å². The molecule has 0 aliphatic carbocycles. The maximum Gasteiger partial charge on any atom is 0.354 e. The van der Waals surface area contributed by atoms with Gasteiger partial charge in [-0.2, -0.15) is 5.10 Å². The van der Waals surface area contributed by atoms with Crippen LogP contribution in [0.25, 0.3) is 4.96 Å². The molecule has 4 rings (SSSR count). The number of carbonyl (C=O) groups is 2. The second-order valence-corrected chi connectivity index (χ2v) is 7.08. The second kappa shape index (κ2) is 7.81. The quantitative estimate of drug-likeness (QED) is 0.645. The highest BCUT2D eigenvalue weighted by Crippen LogP contribution is 2.25. The van der Waals surface area contributed by atoms with Gasteiger partial charge in [0.2, 0.25) is 5.91 Å². The minimum Gasteiger partial charge on any atom is -0.461 e. The van der Waals surface area contributed by atoms with E-state index in [0.29, 0.717) is 6.54 Å². The van der Waals surface area contributed by atoms with E-state index in [1.165, 1.54) is 11.3 Å². The number of nitrogens with zero attached hydrogens (tertiary/aromatic N) is 4. The number of aromatic nitrogens is 2. The van der Waals surface area contributed by atoms with Crippen LogP contribution in [0.15, 0.2) is 53.2 Å². The van der Waals surface area contributed by atoms with E-state index in [-0.39, 0.29) is 24.6 Å². The summed E-state index contributed by atoms with van der Waals surface area (Å²) in [5, 5.41) is 10.8. The van der Waals surface area contributed by atoms with Crippen molar-refractivity contribution in [3.8, 4) is 0 Å². The highest BCUT2D eigenvalue weighted by Gasteiger charge is 2.36. The monoisotopic (exact) mass is 397 g/mol. The van der Waals surface area contributed by atoms with Crippen molar-refractivity contribution < 1.29 is 14.3 Å². The van der Waals surface area contributed by atoms with Gasteiger partial charge in [0.1, 0.15) is 11.8 Å². The standard InChI is InChI=1S/C19H19N5O3S/c1-2-27-18(26)15-10-16(24(22-15)14-6-4-3-5-7-14)17(25)20-11-13-12-23-8-9-28-19(23)21-13/h3-9,12,16H,2,10-11H2,1H3,(H,20,25)/t16-/m0/s1. The Morgan fingerprint density at radius 3 is 2.89 bits per heavy atom. The lowest BCUT2D eigenvalue weighted by molar-refractivity contribution is -0.135. The fraction of sp³-hybridized carbons (Fsp3) is 0.263. The Bertz CT molecular complexity index is 998. The van der Waals surface area contributed by atoms with E-state index in [1.807, 2.05) is 52.5 Å². The molecular formula is C19H19N5O3S. The van der Waals surface area contributed by atoms with Crippen LogP contribution in [0.5, 0.6) is 0 Å². The Balaban J connectivity index is 1.49. The lowest BCUT2D eigenvalue weighted by Crippen LogP contribution is -2.42. The van der Waals surface area contributed by atoms with Gasteiger partial charge in [-0.3, -0.25) is 14.2 Å².